The van der Waals surface area contributed by atoms with Gasteiger partial charge in [0.2, 0.25) is 0 Å². The molecular formula is C16H17N3O. The number of fused-ring (bicyclic) bond motifs is 1. The molecule has 0 fully saturated rings. The maximum Gasteiger partial charge on any atom is 0.302 e. The van der Waals surface area contributed by atoms with Gasteiger partial charge in [-0.25, -0.2) is 0 Å². The van der Waals surface area contributed by atoms with Gasteiger partial charge >= 0.3 is 6.01 Å². The first kappa shape index (κ1) is 12.7. The van der Waals surface area contributed by atoms with Crippen LogP contribution < -0.4 is 10.5 Å². The van der Waals surface area contributed by atoms with Crippen LogP contribution in [0.2, 0.25) is 0 Å². The third kappa shape index (κ3) is 2.38. The molecule has 1 heterocycles. The minimum Gasteiger partial charge on any atom is -0.426 e. The normalized spacial score (nSPS) is 10.9. The lowest BCUT2D eigenvalue weighted by Crippen LogP contribution is -2.02. The van der Waals surface area contributed by atoms with Gasteiger partial charge in [0.05, 0.1) is 11.0 Å². The van der Waals surface area contributed by atoms with Crippen molar-refractivity contribution in [2.45, 2.75) is 6.42 Å². The smallest absolute Gasteiger partial charge is 0.302 e. The SMILES string of the molecule is Cn1c(Oc2ccc(CCN)cc2)nc2ccccc21. The summed E-state index contributed by atoms with van der Waals surface area (Å²) in [4.78, 5) is 4.49. The average molecular weight is 267 g/mol. The Morgan fingerprint density at radius 3 is 2.55 bits per heavy atom. The Labute approximate surface area is 117 Å². The number of nitrogens with zero attached hydrogens (tertiary/aromatic N) is 2. The molecule has 0 amide bonds. The van der Waals surface area contributed by atoms with Gasteiger partial charge in [-0.05, 0) is 42.8 Å². The zero-order chi connectivity index (χ0) is 13.9. The van der Waals surface area contributed by atoms with Crippen molar-refractivity contribution in [2.24, 2.45) is 12.8 Å². The summed E-state index contributed by atoms with van der Waals surface area (Å²) in [7, 11) is 1.95. The first-order valence-corrected chi connectivity index (χ1v) is 6.66. The van der Waals surface area contributed by atoms with E-state index in [1.165, 1.54) is 5.56 Å². The van der Waals surface area contributed by atoms with E-state index in [-0.39, 0.29) is 0 Å². The Kier molecular flexibility index (Phi) is 3.39. The fourth-order valence-corrected chi connectivity index (χ4v) is 2.21. The molecule has 4 heteroatoms. The summed E-state index contributed by atoms with van der Waals surface area (Å²) in [6, 6.07) is 16.5. The molecular weight excluding hydrogens is 250 g/mol. The van der Waals surface area contributed by atoms with Gasteiger partial charge in [-0.2, -0.15) is 4.98 Å². The van der Waals surface area contributed by atoms with Crippen LogP contribution in [0.5, 0.6) is 11.8 Å². The number of nitrogens with two attached hydrogens (primary N) is 1. The van der Waals surface area contributed by atoms with Crippen molar-refractivity contribution in [3.8, 4) is 11.8 Å². The molecule has 0 unspecified atom stereocenters. The molecule has 102 valence electrons. The number of benzene rings is 2. The van der Waals surface area contributed by atoms with E-state index in [9.17, 15) is 0 Å². The van der Waals surface area contributed by atoms with Crippen molar-refractivity contribution in [3.05, 3.63) is 54.1 Å². The number of aromatic nitrogens is 2. The number of imidazole rings is 1. The molecule has 0 saturated heterocycles. The van der Waals surface area contributed by atoms with Gasteiger partial charge in [0, 0.05) is 7.05 Å². The van der Waals surface area contributed by atoms with E-state index in [1.54, 1.807) is 0 Å². The third-order valence-electron chi connectivity index (χ3n) is 3.31. The number of rotatable bonds is 4. The van der Waals surface area contributed by atoms with Gasteiger partial charge in [-0.1, -0.05) is 24.3 Å². The van der Waals surface area contributed by atoms with Gasteiger partial charge < -0.3 is 10.5 Å². The Morgan fingerprint density at radius 1 is 1.10 bits per heavy atom. The van der Waals surface area contributed by atoms with Crippen LogP contribution >= 0.6 is 0 Å². The first-order chi connectivity index (χ1) is 9.78. The van der Waals surface area contributed by atoms with E-state index in [0.717, 1.165) is 23.2 Å². The van der Waals surface area contributed by atoms with Gasteiger partial charge in [-0.15, -0.1) is 0 Å². The number of hydrogen-bond donors (Lipinski definition) is 1. The summed E-state index contributed by atoms with van der Waals surface area (Å²) in [5, 5.41) is 0. The lowest BCUT2D eigenvalue weighted by Gasteiger charge is -2.06. The molecule has 1 aromatic heterocycles. The molecule has 0 aliphatic rings. The van der Waals surface area contributed by atoms with Crippen LogP contribution in [0.3, 0.4) is 0 Å². The minimum atomic E-state index is 0.595. The zero-order valence-electron chi connectivity index (χ0n) is 11.4. The van der Waals surface area contributed by atoms with Gasteiger partial charge in [0.25, 0.3) is 0 Å². The highest BCUT2D eigenvalue weighted by Crippen LogP contribution is 2.24. The summed E-state index contributed by atoms with van der Waals surface area (Å²) in [5.74, 6) is 0.782. The van der Waals surface area contributed by atoms with Crippen LogP contribution in [-0.2, 0) is 13.5 Å². The summed E-state index contributed by atoms with van der Waals surface area (Å²) in [6.07, 6.45) is 0.882. The molecule has 0 radical (unpaired) electrons. The minimum absolute atomic E-state index is 0.595. The Hall–Kier alpha value is -2.33. The predicted octanol–water partition coefficient (Wildman–Crippen LogP) is 2.87. The van der Waals surface area contributed by atoms with Crippen LogP contribution in [0.25, 0.3) is 11.0 Å². The van der Waals surface area contributed by atoms with E-state index in [2.05, 4.69) is 4.98 Å². The Bertz CT molecular complexity index is 716. The fraction of sp³-hybridized carbons (Fsp3) is 0.188. The van der Waals surface area contributed by atoms with Crippen LogP contribution in [0.15, 0.2) is 48.5 Å². The second kappa shape index (κ2) is 5.35. The van der Waals surface area contributed by atoms with E-state index in [1.807, 2.05) is 60.1 Å². The second-order valence-electron chi connectivity index (χ2n) is 4.73. The van der Waals surface area contributed by atoms with Crippen molar-refractivity contribution in [1.29, 1.82) is 0 Å². The zero-order valence-corrected chi connectivity index (χ0v) is 11.4. The van der Waals surface area contributed by atoms with Gasteiger partial charge in [-0.3, -0.25) is 4.57 Å². The van der Waals surface area contributed by atoms with Crippen LogP contribution in [0.4, 0.5) is 0 Å². The molecule has 4 nitrogen and oxygen atoms in total. The standard InChI is InChI=1S/C16H17N3O/c1-19-15-5-3-2-4-14(15)18-16(19)20-13-8-6-12(7-9-13)10-11-17/h2-9H,10-11,17H2,1H3. The van der Waals surface area contributed by atoms with Crippen molar-refractivity contribution in [3.63, 3.8) is 0 Å². The number of para-hydroxylation sites is 2. The third-order valence-corrected chi connectivity index (χ3v) is 3.31. The van der Waals surface area contributed by atoms with E-state index < -0.39 is 0 Å². The quantitative estimate of drug-likeness (QED) is 0.790. The molecule has 2 aromatic carbocycles. The van der Waals surface area contributed by atoms with Crippen LogP contribution in [-0.4, -0.2) is 16.1 Å². The highest BCUT2D eigenvalue weighted by Gasteiger charge is 2.08. The van der Waals surface area contributed by atoms with Gasteiger partial charge in [0.15, 0.2) is 0 Å². The highest BCUT2D eigenvalue weighted by atomic mass is 16.5. The van der Waals surface area contributed by atoms with Crippen LogP contribution in [0.1, 0.15) is 5.56 Å². The molecule has 2 N–H and O–H groups in total. The lowest BCUT2D eigenvalue weighted by atomic mass is 10.1. The number of ether oxygens (including phenoxy) is 1. The lowest BCUT2D eigenvalue weighted by molar-refractivity contribution is 0.427. The Balaban J connectivity index is 1.87. The highest BCUT2D eigenvalue weighted by molar-refractivity contribution is 5.76. The predicted molar refractivity (Wildman–Crippen MR) is 80.0 cm³/mol. The molecule has 0 aliphatic heterocycles. The second-order valence-corrected chi connectivity index (χ2v) is 4.73. The molecule has 0 bridgehead atoms. The van der Waals surface area contributed by atoms with Crippen molar-refractivity contribution in [2.75, 3.05) is 6.54 Å². The van der Waals surface area contributed by atoms with Gasteiger partial charge in [0.1, 0.15) is 5.75 Å². The fourth-order valence-electron chi connectivity index (χ4n) is 2.21. The topological polar surface area (TPSA) is 53.1 Å². The molecule has 3 rings (SSSR count). The summed E-state index contributed by atoms with van der Waals surface area (Å²) < 4.78 is 7.80. The molecule has 0 spiro atoms. The number of aryl methyl sites for hydroxylation is 1. The van der Waals surface area contributed by atoms with Crippen molar-refractivity contribution < 1.29 is 4.74 Å². The van der Waals surface area contributed by atoms with E-state index in [4.69, 9.17) is 10.5 Å². The maximum absolute atomic E-state index is 5.85. The molecule has 20 heavy (non-hydrogen) atoms. The summed E-state index contributed by atoms with van der Waals surface area (Å²) >= 11 is 0. The summed E-state index contributed by atoms with van der Waals surface area (Å²) in [6.45, 7) is 0.658. The van der Waals surface area contributed by atoms with Crippen molar-refractivity contribution >= 4 is 11.0 Å². The average Bonchev–Trinajstić information content (AvgIpc) is 2.79. The molecule has 0 atom stereocenters. The maximum atomic E-state index is 5.85. The largest absolute Gasteiger partial charge is 0.426 e. The number of hydrogen-bond acceptors (Lipinski definition) is 3. The molecule has 0 aliphatic carbocycles. The van der Waals surface area contributed by atoms with Crippen LogP contribution in [0, 0.1) is 0 Å². The molecule has 3 aromatic rings. The van der Waals surface area contributed by atoms with Crippen molar-refractivity contribution in [1.82, 2.24) is 9.55 Å². The van der Waals surface area contributed by atoms with E-state index >= 15 is 0 Å². The Morgan fingerprint density at radius 2 is 1.85 bits per heavy atom. The summed E-state index contributed by atoms with van der Waals surface area (Å²) in [5.41, 5.74) is 8.75. The van der Waals surface area contributed by atoms with E-state index in [0.29, 0.717) is 12.6 Å². The monoisotopic (exact) mass is 267 g/mol. The first-order valence-electron chi connectivity index (χ1n) is 6.66. The molecule has 0 saturated carbocycles.